The minimum Gasteiger partial charge on any atom is -0.349 e. The zero-order valence-corrected chi connectivity index (χ0v) is 17.3. The first-order valence-corrected chi connectivity index (χ1v) is 10.4. The molecule has 4 nitrogen and oxygen atoms in total. The van der Waals surface area contributed by atoms with Crippen LogP contribution in [0.15, 0.2) is 66.7 Å². The van der Waals surface area contributed by atoms with E-state index in [1.165, 1.54) is 0 Å². The highest BCUT2D eigenvalue weighted by Gasteiger charge is 2.28. The first-order valence-electron chi connectivity index (χ1n) is 10.4. The van der Waals surface area contributed by atoms with E-state index in [4.69, 9.17) is 0 Å². The molecule has 2 aromatic rings. The molecule has 152 valence electrons. The van der Waals surface area contributed by atoms with E-state index in [2.05, 4.69) is 31.3 Å². The number of carbonyl (C=O) groups excluding carboxylic acids is 2. The predicted molar refractivity (Wildman–Crippen MR) is 117 cm³/mol. The number of hydrogen-bond donors (Lipinski definition) is 1. The molecule has 0 aromatic heterocycles. The summed E-state index contributed by atoms with van der Waals surface area (Å²) >= 11 is 0. The van der Waals surface area contributed by atoms with Crippen molar-refractivity contribution in [3.8, 4) is 0 Å². The van der Waals surface area contributed by atoms with Crippen molar-refractivity contribution in [1.82, 2.24) is 10.2 Å². The summed E-state index contributed by atoms with van der Waals surface area (Å²) in [5.74, 6) is 0.379. The fraction of sp³-hybridized carbons (Fsp3) is 0.360. The van der Waals surface area contributed by atoms with Gasteiger partial charge < -0.3 is 10.2 Å². The van der Waals surface area contributed by atoms with E-state index in [0.717, 1.165) is 11.1 Å². The number of hydrogen-bond acceptors (Lipinski definition) is 2. The van der Waals surface area contributed by atoms with Crippen molar-refractivity contribution in [2.45, 2.75) is 32.7 Å². The van der Waals surface area contributed by atoms with Crippen LogP contribution >= 0.6 is 0 Å². The van der Waals surface area contributed by atoms with Crippen LogP contribution in [0.4, 0.5) is 0 Å². The Kier molecular flexibility index (Phi) is 7.23. The lowest BCUT2D eigenvalue weighted by atomic mass is 9.92. The molecule has 1 aliphatic rings. The molecule has 3 rings (SSSR count). The highest BCUT2D eigenvalue weighted by molar-refractivity contribution is 5.92. The Hall–Kier alpha value is -2.88. The van der Waals surface area contributed by atoms with Crippen LogP contribution in [-0.2, 0) is 9.59 Å². The van der Waals surface area contributed by atoms with Gasteiger partial charge in [-0.15, -0.1) is 0 Å². The van der Waals surface area contributed by atoms with Gasteiger partial charge in [-0.05, 0) is 36.0 Å². The normalized spacial score (nSPS) is 16.2. The number of piperidine rings is 1. The first-order chi connectivity index (χ1) is 14.0. The molecule has 1 atom stereocenters. The quantitative estimate of drug-likeness (QED) is 0.741. The number of benzene rings is 2. The van der Waals surface area contributed by atoms with Crippen LogP contribution in [0.1, 0.15) is 43.9 Å². The lowest BCUT2D eigenvalue weighted by Gasteiger charge is -2.32. The third kappa shape index (κ3) is 5.80. The van der Waals surface area contributed by atoms with Crippen molar-refractivity contribution in [2.24, 2.45) is 11.8 Å². The fourth-order valence-corrected chi connectivity index (χ4v) is 3.77. The molecule has 0 radical (unpaired) electrons. The summed E-state index contributed by atoms with van der Waals surface area (Å²) in [4.78, 5) is 27.1. The Balaban J connectivity index is 1.52. The van der Waals surface area contributed by atoms with E-state index in [1.54, 1.807) is 6.08 Å². The molecular formula is C25H30N2O2. The number of rotatable bonds is 6. The largest absolute Gasteiger partial charge is 0.349 e. The Morgan fingerprint density at radius 2 is 1.55 bits per heavy atom. The maximum atomic E-state index is 12.8. The molecular weight excluding hydrogens is 360 g/mol. The topological polar surface area (TPSA) is 49.4 Å². The summed E-state index contributed by atoms with van der Waals surface area (Å²) in [6.07, 6.45) is 4.88. The van der Waals surface area contributed by atoms with E-state index >= 15 is 0 Å². The van der Waals surface area contributed by atoms with Gasteiger partial charge in [0.1, 0.15) is 0 Å². The number of nitrogens with zero attached hydrogens (tertiary/aromatic N) is 1. The second kappa shape index (κ2) is 10.1. The predicted octanol–water partition coefficient (Wildman–Crippen LogP) is 4.45. The molecule has 1 unspecified atom stereocenters. The molecule has 4 heteroatoms. The van der Waals surface area contributed by atoms with Crippen LogP contribution in [0.2, 0.25) is 0 Å². The number of amides is 2. The number of carbonyl (C=O) groups is 2. The summed E-state index contributed by atoms with van der Waals surface area (Å²) in [6, 6.07) is 19.9. The molecule has 1 saturated heterocycles. The minimum atomic E-state index is -0.0397. The van der Waals surface area contributed by atoms with Gasteiger partial charge in [0.2, 0.25) is 11.8 Å². The van der Waals surface area contributed by atoms with Crippen LogP contribution in [-0.4, -0.2) is 29.8 Å². The lowest BCUT2D eigenvalue weighted by molar-refractivity contribution is -0.132. The van der Waals surface area contributed by atoms with Crippen LogP contribution in [0.5, 0.6) is 0 Å². The van der Waals surface area contributed by atoms with Gasteiger partial charge in [0.15, 0.2) is 0 Å². The van der Waals surface area contributed by atoms with Gasteiger partial charge in [-0.3, -0.25) is 9.59 Å². The van der Waals surface area contributed by atoms with Crippen LogP contribution in [0.3, 0.4) is 0 Å². The number of likely N-dealkylation sites (tertiary alicyclic amines) is 1. The second-order valence-electron chi connectivity index (χ2n) is 7.98. The monoisotopic (exact) mass is 390 g/mol. The Morgan fingerprint density at radius 1 is 0.966 bits per heavy atom. The SMILES string of the molecule is CC(C)C(NC(=O)C1CCN(C(=O)C=Cc2ccccc2)CC1)c1ccccc1. The molecule has 2 amide bonds. The Labute approximate surface area is 173 Å². The van der Waals surface area contributed by atoms with Gasteiger partial charge >= 0.3 is 0 Å². The van der Waals surface area contributed by atoms with E-state index in [-0.39, 0.29) is 23.8 Å². The van der Waals surface area contributed by atoms with Gasteiger partial charge in [-0.2, -0.15) is 0 Å². The molecule has 0 spiro atoms. The summed E-state index contributed by atoms with van der Waals surface area (Å²) in [5.41, 5.74) is 2.14. The Bertz CT molecular complexity index is 822. The van der Waals surface area contributed by atoms with E-state index in [0.29, 0.717) is 31.8 Å². The van der Waals surface area contributed by atoms with Crippen molar-refractivity contribution in [2.75, 3.05) is 13.1 Å². The zero-order chi connectivity index (χ0) is 20.6. The van der Waals surface area contributed by atoms with Crippen LogP contribution in [0, 0.1) is 11.8 Å². The molecule has 1 fully saturated rings. The van der Waals surface area contributed by atoms with E-state index in [1.807, 2.05) is 59.5 Å². The standard InChI is InChI=1S/C25H30N2O2/c1-19(2)24(21-11-7-4-8-12-21)26-25(29)22-15-17-27(18-16-22)23(28)14-13-20-9-5-3-6-10-20/h3-14,19,22,24H,15-18H2,1-2H3,(H,26,29). The van der Waals surface area contributed by atoms with Gasteiger partial charge in [-0.1, -0.05) is 74.5 Å². The Morgan fingerprint density at radius 3 is 2.14 bits per heavy atom. The second-order valence-corrected chi connectivity index (χ2v) is 7.98. The zero-order valence-electron chi connectivity index (χ0n) is 17.3. The summed E-state index contributed by atoms with van der Waals surface area (Å²) in [5, 5.41) is 3.24. The lowest BCUT2D eigenvalue weighted by Crippen LogP contribution is -2.43. The summed E-state index contributed by atoms with van der Waals surface area (Å²) < 4.78 is 0. The molecule has 1 heterocycles. The third-order valence-electron chi connectivity index (χ3n) is 5.52. The highest BCUT2D eigenvalue weighted by Crippen LogP contribution is 2.24. The maximum absolute atomic E-state index is 12.8. The molecule has 1 aliphatic heterocycles. The maximum Gasteiger partial charge on any atom is 0.246 e. The summed E-state index contributed by atoms with van der Waals surface area (Å²) in [6.45, 7) is 5.48. The van der Waals surface area contributed by atoms with Crippen LogP contribution < -0.4 is 5.32 Å². The first kappa shape index (κ1) is 20.8. The van der Waals surface area contributed by atoms with Crippen molar-refractivity contribution in [3.05, 3.63) is 77.9 Å². The van der Waals surface area contributed by atoms with Gasteiger partial charge in [0.05, 0.1) is 6.04 Å². The third-order valence-corrected chi connectivity index (χ3v) is 5.52. The van der Waals surface area contributed by atoms with Crippen molar-refractivity contribution >= 4 is 17.9 Å². The van der Waals surface area contributed by atoms with Crippen molar-refractivity contribution in [1.29, 1.82) is 0 Å². The molecule has 0 bridgehead atoms. The number of nitrogens with one attached hydrogen (secondary N) is 1. The van der Waals surface area contributed by atoms with Gasteiger partial charge in [0, 0.05) is 25.1 Å². The molecule has 0 aliphatic carbocycles. The van der Waals surface area contributed by atoms with Gasteiger partial charge in [0.25, 0.3) is 0 Å². The average molecular weight is 391 g/mol. The molecule has 29 heavy (non-hydrogen) atoms. The van der Waals surface area contributed by atoms with Gasteiger partial charge in [-0.25, -0.2) is 0 Å². The average Bonchev–Trinajstić information content (AvgIpc) is 2.77. The smallest absolute Gasteiger partial charge is 0.246 e. The van der Waals surface area contributed by atoms with E-state index < -0.39 is 0 Å². The molecule has 0 saturated carbocycles. The molecule has 2 aromatic carbocycles. The summed E-state index contributed by atoms with van der Waals surface area (Å²) in [7, 11) is 0. The van der Waals surface area contributed by atoms with E-state index in [9.17, 15) is 9.59 Å². The van der Waals surface area contributed by atoms with Crippen molar-refractivity contribution < 1.29 is 9.59 Å². The minimum absolute atomic E-state index is 0.0112. The van der Waals surface area contributed by atoms with Crippen LogP contribution in [0.25, 0.3) is 6.08 Å². The molecule has 1 N–H and O–H groups in total. The fourth-order valence-electron chi connectivity index (χ4n) is 3.77. The van der Waals surface area contributed by atoms with Crippen molar-refractivity contribution in [3.63, 3.8) is 0 Å². The highest BCUT2D eigenvalue weighted by atomic mass is 16.2.